The highest BCUT2D eigenvalue weighted by molar-refractivity contribution is 7.12. The fraction of sp³-hybridized carbons (Fsp3) is 0.583. The van der Waals surface area contributed by atoms with Crippen LogP contribution >= 0.6 is 11.3 Å². The number of aryl methyl sites for hydroxylation is 2. The van der Waals surface area contributed by atoms with Crippen molar-refractivity contribution in [1.29, 1.82) is 0 Å². The molecule has 0 radical (unpaired) electrons. The Morgan fingerprint density at radius 3 is 2.80 bits per heavy atom. The summed E-state index contributed by atoms with van der Waals surface area (Å²) in [6.07, 6.45) is 3.37. The van der Waals surface area contributed by atoms with Crippen molar-refractivity contribution in [3.63, 3.8) is 0 Å². The molecule has 1 N–H and O–H groups in total. The largest absolute Gasteiger partial charge is 0.307 e. The minimum absolute atomic E-state index is 0.0615. The zero-order valence-corrected chi connectivity index (χ0v) is 10.1. The van der Waals surface area contributed by atoms with Crippen molar-refractivity contribution in [2.24, 2.45) is 0 Å². The summed E-state index contributed by atoms with van der Waals surface area (Å²) >= 11 is 1.71. The van der Waals surface area contributed by atoms with Gasteiger partial charge in [0.15, 0.2) is 5.78 Å². The minimum Gasteiger partial charge on any atom is -0.307 e. The van der Waals surface area contributed by atoms with E-state index in [2.05, 4.69) is 12.2 Å². The molecule has 1 fully saturated rings. The quantitative estimate of drug-likeness (QED) is 0.781. The molecule has 0 aromatic carbocycles. The zero-order chi connectivity index (χ0) is 10.8. The SMILES string of the molecule is Cc1cc(C(=O)C2CCCCN2)c(C)s1. The highest BCUT2D eigenvalue weighted by atomic mass is 32.1. The van der Waals surface area contributed by atoms with Crippen LogP contribution in [0.15, 0.2) is 6.07 Å². The molecule has 1 saturated heterocycles. The number of carbonyl (C=O) groups is 1. The second-order valence-corrected chi connectivity index (χ2v) is 5.65. The summed E-state index contributed by atoms with van der Waals surface area (Å²) in [4.78, 5) is 14.6. The second-order valence-electron chi connectivity index (χ2n) is 4.19. The third kappa shape index (κ3) is 2.29. The third-order valence-electron chi connectivity index (χ3n) is 2.93. The average molecular weight is 223 g/mol. The van der Waals surface area contributed by atoms with Gasteiger partial charge in [0.25, 0.3) is 0 Å². The van der Waals surface area contributed by atoms with Gasteiger partial charge in [-0.05, 0) is 39.3 Å². The number of nitrogens with one attached hydrogen (secondary N) is 1. The third-order valence-corrected chi connectivity index (χ3v) is 3.90. The molecular formula is C12H17NOS. The highest BCUT2D eigenvalue weighted by Gasteiger charge is 2.23. The van der Waals surface area contributed by atoms with Gasteiger partial charge in [-0.2, -0.15) is 0 Å². The predicted octanol–water partition coefficient (Wildman–Crippen LogP) is 2.69. The van der Waals surface area contributed by atoms with Gasteiger partial charge in [0, 0.05) is 15.3 Å². The van der Waals surface area contributed by atoms with Crippen molar-refractivity contribution in [3.05, 3.63) is 21.4 Å². The lowest BCUT2D eigenvalue weighted by atomic mass is 9.97. The van der Waals surface area contributed by atoms with E-state index in [0.29, 0.717) is 0 Å². The molecule has 0 spiro atoms. The predicted molar refractivity (Wildman–Crippen MR) is 63.8 cm³/mol. The molecule has 1 atom stereocenters. The Hall–Kier alpha value is -0.670. The monoisotopic (exact) mass is 223 g/mol. The molecule has 0 bridgehead atoms. The Labute approximate surface area is 94.7 Å². The molecule has 1 aliphatic rings. The van der Waals surface area contributed by atoms with Crippen molar-refractivity contribution >= 4 is 17.1 Å². The van der Waals surface area contributed by atoms with Crippen LogP contribution in [0.4, 0.5) is 0 Å². The van der Waals surface area contributed by atoms with Crippen LogP contribution < -0.4 is 5.32 Å². The Kier molecular flexibility index (Phi) is 3.22. The van der Waals surface area contributed by atoms with E-state index < -0.39 is 0 Å². The Bertz CT molecular complexity index is 364. The number of carbonyl (C=O) groups excluding carboxylic acids is 1. The van der Waals surface area contributed by atoms with E-state index in [1.807, 2.05) is 13.0 Å². The van der Waals surface area contributed by atoms with Crippen molar-refractivity contribution in [3.8, 4) is 0 Å². The Balaban J connectivity index is 2.16. The maximum absolute atomic E-state index is 12.2. The van der Waals surface area contributed by atoms with Crippen LogP contribution in [0.25, 0.3) is 0 Å². The summed E-state index contributed by atoms with van der Waals surface area (Å²) in [7, 11) is 0. The summed E-state index contributed by atoms with van der Waals surface area (Å²) in [5.41, 5.74) is 0.928. The van der Waals surface area contributed by atoms with Gasteiger partial charge in [0.2, 0.25) is 0 Å². The van der Waals surface area contributed by atoms with E-state index in [0.717, 1.165) is 23.4 Å². The van der Waals surface area contributed by atoms with E-state index in [1.54, 1.807) is 11.3 Å². The maximum Gasteiger partial charge on any atom is 0.180 e. The summed E-state index contributed by atoms with van der Waals surface area (Å²) in [5.74, 6) is 0.288. The number of rotatable bonds is 2. The number of hydrogen-bond acceptors (Lipinski definition) is 3. The lowest BCUT2D eigenvalue weighted by Crippen LogP contribution is -2.40. The molecule has 0 saturated carbocycles. The van der Waals surface area contributed by atoms with Gasteiger partial charge in [-0.3, -0.25) is 4.79 Å². The highest BCUT2D eigenvalue weighted by Crippen LogP contribution is 2.23. The lowest BCUT2D eigenvalue weighted by Gasteiger charge is -2.22. The van der Waals surface area contributed by atoms with Crippen LogP contribution in [-0.2, 0) is 0 Å². The molecule has 1 aromatic rings. The Morgan fingerprint density at radius 2 is 2.27 bits per heavy atom. The van der Waals surface area contributed by atoms with E-state index in [-0.39, 0.29) is 11.8 Å². The normalized spacial score (nSPS) is 21.6. The molecule has 15 heavy (non-hydrogen) atoms. The van der Waals surface area contributed by atoms with Gasteiger partial charge in [-0.15, -0.1) is 11.3 Å². The average Bonchev–Trinajstić information content (AvgIpc) is 2.58. The standard InChI is InChI=1S/C12H17NOS/c1-8-7-10(9(2)15-8)12(14)11-5-3-4-6-13-11/h7,11,13H,3-6H2,1-2H3. The molecule has 1 aliphatic heterocycles. The first-order valence-corrected chi connectivity index (χ1v) is 6.35. The van der Waals surface area contributed by atoms with E-state index in [1.165, 1.54) is 17.7 Å². The smallest absolute Gasteiger partial charge is 0.180 e. The van der Waals surface area contributed by atoms with Crippen LogP contribution in [0, 0.1) is 13.8 Å². The van der Waals surface area contributed by atoms with E-state index in [4.69, 9.17) is 0 Å². The lowest BCUT2D eigenvalue weighted by molar-refractivity contribution is 0.0927. The number of piperidine rings is 1. The summed E-state index contributed by atoms with van der Waals surface area (Å²) in [6, 6.07) is 2.09. The van der Waals surface area contributed by atoms with Crippen LogP contribution in [0.5, 0.6) is 0 Å². The molecule has 2 nitrogen and oxygen atoms in total. The fourth-order valence-corrected chi connectivity index (χ4v) is 3.07. The van der Waals surface area contributed by atoms with Gasteiger partial charge >= 0.3 is 0 Å². The van der Waals surface area contributed by atoms with Gasteiger partial charge in [-0.1, -0.05) is 6.42 Å². The van der Waals surface area contributed by atoms with Gasteiger partial charge in [0.05, 0.1) is 6.04 Å². The van der Waals surface area contributed by atoms with E-state index >= 15 is 0 Å². The number of hydrogen-bond donors (Lipinski definition) is 1. The van der Waals surface area contributed by atoms with Crippen molar-refractivity contribution < 1.29 is 4.79 Å². The van der Waals surface area contributed by atoms with Crippen molar-refractivity contribution in [2.75, 3.05) is 6.54 Å². The first-order chi connectivity index (χ1) is 7.18. The van der Waals surface area contributed by atoms with Gasteiger partial charge in [0.1, 0.15) is 0 Å². The fourth-order valence-electron chi connectivity index (χ4n) is 2.14. The number of ketones is 1. The minimum atomic E-state index is 0.0615. The summed E-state index contributed by atoms with van der Waals surface area (Å²) < 4.78 is 0. The molecule has 2 rings (SSSR count). The molecule has 3 heteroatoms. The van der Waals surface area contributed by atoms with Gasteiger partial charge in [-0.25, -0.2) is 0 Å². The first-order valence-electron chi connectivity index (χ1n) is 5.53. The second kappa shape index (κ2) is 4.45. The molecule has 2 heterocycles. The molecule has 1 aromatic heterocycles. The first kappa shape index (κ1) is 10.8. The van der Waals surface area contributed by atoms with Crippen LogP contribution in [0.3, 0.4) is 0 Å². The maximum atomic E-state index is 12.2. The molecule has 0 amide bonds. The topological polar surface area (TPSA) is 29.1 Å². The number of Topliss-reactive ketones (excluding diaryl/α,β-unsaturated/α-hetero) is 1. The van der Waals surface area contributed by atoms with Crippen LogP contribution in [0.1, 0.15) is 39.4 Å². The summed E-state index contributed by atoms with van der Waals surface area (Å²) in [5, 5.41) is 3.31. The summed E-state index contributed by atoms with van der Waals surface area (Å²) in [6.45, 7) is 5.08. The molecule has 0 aliphatic carbocycles. The van der Waals surface area contributed by atoms with Crippen LogP contribution in [0.2, 0.25) is 0 Å². The van der Waals surface area contributed by atoms with Crippen molar-refractivity contribution in [1.82, 2.24) is 5.32 Å². The van der Waals surface area contributed by atoms with E-state index in [9.17, 15) is 4.79 Å². The van der Waals surface area contributed by atoms with Gasteiger partial charge < -0.3 is 5.32 Å². The van der Waals surface area contributed by atoms with Crippen LogP contribution in [-0.4, -0.2) is 18.4 Å². The molecule has 1 unspecified atom stereocenters. The van der Waals surface area contributed by atoms with Crippen molar-refractivity contribution in [2.45, 2.75) is 39.2 Å². The molecular weight excluding hydrogens is 206 g/mol. The number of thiophene rings is 1. The molecule has 82 valence electrons. The zero-order valence-electron chi connectivity index (χ0n) is 9.30. The Morgan fingerprint density at radius 1 is 1.47 bits per heavy atom.